The number of pyridine rings is 1. The van der Waals surface area contributed by atoms with Crippen molar-refractivity contribution in [1.82, 2.24) is 10.3 Å². The van der Waals surface area contributed by atoms with Gasteiger partial charge in [-0.3, -0.25) is 19.9 Å². The lowest BCUT2D eigenvalue weighted by molar-refractivity contribution is -0.139. The fourth-order valence-corrected chi connectivity index (χ4v) is 1.83. The summed E-state index contributed by atoms with van der Waals surface area (Å²) in [6, 6.07) is 1.06. The van der Waals surface area contributed by atoms with E-state index in [-0.39, 0.29) is 12.8 Å². The SMILES string of the molecule is Cc1ccncc1NC(=O)NC(=O)CC(C)(C)CC(=O)O. The number of carbonyl (C=O) groups excluding carboxylic acids is 2. The molecule has 7 heteroatoms. The molecule has 3 amide bonds. The lowest BCUT2D eigenvalue weighted by Gasteiger charge is -2.21. The zero-order chi connectivity index (χ0) is 16.0. The van der Waals surface area contributed by atoms with Crippen molar-refractivity contribution < 1.29 is 19.5 Å². The number of hydrogen-bond donors (Lipinski definition) is 3. The number of carbonyl (C=O) groups is 3. The Morgan fingerprint density at radius 3 is 2.52 bits per heavy atom. The monoisotopic (exact) mass is 293 g/mol. The van der Waals surface area contributed by atoms with Crippen LogP contribution in [0.2, 0.25) is 0 Å². The van der Waals surface area contributed by atoms with E-state index in [0.29, 0.717) is 5.69 Å². The third-order valence-electron chi connectivity index (χ3n) is 2.81. The summed E-state index contributed by atoms with van der Waals surface area (Å²) < 4.78 is 0. The van der Waals surface area contributed by atoms with Crippen molar-refractivity contribution in [3.05, 3.63) is 24.0 Å². The Balaban J connectivity index is 2.53. The number of aromatic nitrogens is 1. The van der Waals surface area contributed by atoms with Gasteiger partial charge in [0.1, 0.15) is 0 Å². The number of aliphatic carboxylic acids is 1. The van der Waals surface area contributed by atoms with Gasteiger partial charge in [0.2, 0.25) is 5.91 Å². The Labute approximate surface area is 122 Å². The largest absolute Gasteiger partial charge is 0.481 e. The molecule has 1 aromatic heterocycles. The van der Waals surface area contributed by atoms with E-state index in [1.807, 2.05) is 0 Å². The maximum absolute atomic E-state index is 11.7. The number of anilines is 1. The van der Waals surface area contributed by atoms with E-state index in [9.17, 15) is 14.4 Å². The average molecular weight is 293 g/mol. The second-order valence-electron chi connectivity index (χ2n) is 5.60. The first-order valence-electron chi connectivity index (χ1n) is 6.43. The van der Waals surface area contributed by atoms with Crippen LogP contribution in [0.4, 0.5) is 10.5 Å². The molecule has 1 aromatic rings. The van der Waals surface area contributed by atoms with Crippen molar-refractivity contribution >= 4 is 23.6 Å². The molecule has 0 aliphatic rings. The van der Waals surface area contributed by atoms with Crippen LogP contribution in [-0.2, 0) is 9.59 Å². The van der Waals surface area contributed by atoms with Crippen LogP contribution in [0.3, 0.4) is 0 Å². The van der Waals surface area contributed by atoms with Gasteiger partial charge in [0, 0.05) is 12.6 Å². The van der Waals surface area contributed by atoms with Gasteiger partial charge in [-0.25, -0.2) is 4.79 Å². The third kappa shape index (κ3) is 6.03. The Kier molecular flexibility index (Phi) is 5.40. The van der Waals surface area contributed by atoms with E-state index in [1.165, 1.54) is 6.20 Å². The summed E-state index contributed by atoms with van der Waals surface area (Å²) >= 11 is 0. The molecule has 0 aliphatic carbocycles. The molecular weight excluding hydrogens is 274 g/mol. The van der Waals surface area contributed by atoms with Crippen molar-refractivity contribution in [3.63, 3.8) is 0 Å². The standard InChI is InChI=1S/C14H19N3O4/c1-9-4-5-15-8-10(9)16-13(21)17-11(18)6-14(2,3)7-12(19)20/h4-5,8H,6-7H2,1-3H3,(H,19,20)(H2,16,17,18,21). The van der Waals surface area contributed by atoms with Crippen LogP contribution in [0, 0.1) is 12.3 Å². The van der Waals surface area contributed by atoms with Gasteiger partial charge in [0.05, 0.1) is 18.3 Å². The molecule has 0 aromatic carbocycles. The lowest BCUT2D eigenvalue weighted by atomic mass is 9.85. The van der Waals surface area contributed by atoms with Gasteiger partial charge >= 0.3 is 12.0 Å². The first-order chi connectivity index (χ1) is 9.69. The number of nitrogens with one attached hydrogen (secondary N) is 2. The number of urea groups is 1. The van der Waals surface area contributed by atoms with E-state index >= 15 is 0 Å². The molecule has 114 valence electrons. The van der Waals surface area contributed by atoms with Crippen LogP contribution in [-0.4, -0.2) is 28.0 Å². The molecule has 1 rings (SSSR count). The lowest BCUT2D eigenvalue weighted by Crippen LogP contribution is -2.37. The topological polar surface area (TPSA) is 108 Å². The predicted molar refractivity (Wildman–Crippen MR) is 76.8 cm³/mol. The fraction of sp³-hybridized carbons (Fsp3) is 0.429. The van der Waals surface area contributed by atoms with Crippen molar-refractivity contribution in [2.75, 3.05) is 5.32 Å². The molecule has 3 N–H and O–H groups in total. The van der Waals surface area contributed by atoms with E-state index in [0.717, 1.165) is 5.56 Å². The van der Waals surface area contributed by atoms with Crippen LogP contribution >= 0.6 is 0 Å². The number of aryl methyl sites for hydroxylation is 1. The highest BCUT2D eigenvalue weighted by Crippen LogP contribution is 2.24. The second kappa shape index (κ2) is 6.83. The molecule has 0 unspecified atom stereocenters. The van der Waals surface area contributed by atoms with Gasteiger partial charge in [-0.1, -0.05) is 13.8 Å². The molecule has 0 saturated heterocycles. The van der Waals surface area contributed by atoms with E-state index in [4.69, 9.17) is 5.11 Å². The maximum atomic E-state index is 11.7. The van der Waals surface area contributed by atoms with Crippen LogP contribution in [0.25, 0.3) is 0 Å². The second-order valence-corrected chi connectivity index (χ2v) is 5.60. The average Bonchev–Trinajstić information content (AvgIpc) is 2.28. The number of rotatable bonds is 5. The first kappa shape index (κ1) is 16.6. The summed E-state index contributed by atoms with van der Waals surface area (Å²) in [5.41, 5.74) is 0.604. The summed E-state index contributed by atoms with van der Waals surface area (Å²) in [4.78, 5) is 38.0. The zero-order valence-electron chi connectivity index (χ0n) is 12.3. The quantitative estimate of drug-likeness (QED) is 0.768. The first-order valence-corrected chi connectivity index (χ1v) is 6.43. The molecule has 21 heavy (non-hydrogen) atoms. The van der Waals surface area contributed by atoms with Gasteiger partial charge in [0.15, 0.2) is 0 Å². The number of carboxylic acid groups (broad SMARTS) is 1. The van der Waals surface area contributed by atoms with Crippen molar-refractivity contribution in [2.24, 2.45) is 5.41 Å². The highest BCUT2D eigenvalue weighted by atomic mass is 16.4. The van der Waals surface area contributed by atoms with Crippen LogP contribution in [0.15, 0.2) is 18.5 Å². The van der Waals surface area contributed by atoms with Crippen LogP contribution < -0.4 is 10.6 Å². The molecule has 0 radical (unpaired) electrons. The Morgan fingerprint density at radius 2 is 1.95 bits per heavy atom. The molecule has 0 bridgehead atoms. The van der Waals surface area contributed by atoms with Crippen molar-refractivity contribution in [3.8, 4) is 0 Å². The predicted octanol–water partition coefficient (Wildman–Crippen LogP) is 1.93. The Hall–Kier alpha value is -2.44. The highest BCUT2D eigenvalue weighted by Gasteiger charge is 2.26. The van der Waals surface area contributed by atoms with Gasteiger partial charge in [-0.15, -0.1) is 0 Å². The number of carboxylic acids is 1. The summed E-state index contributed by atoms with van der Waals surface area (Å²) in [5.74, 6) is -1.51. The summed E-state index contributed by atoms with van der Waals surface area (Å²) in [6.45, 7) is 5.11. The van der Waals surface area contributed by atoms with E-state index < -0.39 is 23.3 Å². The highest BCUT2D eigenvalue weighted by molar-refractivity contribution is 6.01. The minimum absolute atomic E-state index is 0.0568. The van der Waals surface area contributed by atoms with Crippen molar-refractivity contribution in [1.29, 1.82) is 0 Å². The number of nitrogens with zero attached hydrogens (tertiary/aromatic N) is 1. The number of amides is 3. The molecule has 7 nitrogen and oxygen atoms in total. The van der Waals surface area contributed by atoms with E-state index in [1.54, 1.807) is 33.0 Å². The summed E-state index contributed by atoms with van der Waals surface area (Å²) in [6.07, 6.45) is 2.87. The molecule has 0 fully saturated rings. The van der Waals surface area contributed by atoms with E-state index in [2.05, 4.69) is 15.6 Å². The number of imide groups is 1. The molecule has 1 heterocycles. The normalized spacial score (nSPS) is 10.8. The minimum Gasteiger partial charge on any atom is -0.481 e. The van der Waals surface area contributed by atoms with Gasteiger partial charge in [-0.05, 0) is 24.0 Å². The minimum atomic E-state index is -0.983. The fourth-order valence-electron chi connectivity index (χ4n) is 1.83. The molecule has 0 atom stereocenters. The molecular formula is C14H19N3O4. The smallest absolute Gasteiger partial charge is 0.325 e. The zero-order valence-corrected chi connectivity index (χ0v) is 12.3. The maximum Gasteiger partial charge on any atom is 0.325 e. The van der Waals surface area contributed by atoms with Gasteiger partial charge in [-0.2, -0.15) is 0 Å². The van der Waals surface area contributed by atoms with Crippen LogP contribution in [0.1, 0.15) is 32.3 Å². The molecule has 0 aliphatic heterocycles. The Bertz CT molecular complexity index is 555. The third-order valence-corrected chi connectivity index (χ3v) is 2.81. The summed E-state index contributed by atoms with van der Waals surface area (Å²) in [5, 5.41) is 13.4. The molecule has 0 spiro atoms. The summed E-state index contributed by atoms with van der Waals surface area (Å²) in [7, 11) is 0. The van der Waals surface area contributed by atoms with Crippen LogP contribution in [0.5, 0.6) is 0 Å². The van der Waals surface area contributed by atoms with Gasteiger partial charge in [0.25, 0.3) is 0 Å². The number of hydrogen-bond acceptors (Lipinski definition) is 4. The van der Waals surface area contributed by atoms with Gasteiger partial charge < -0.3 is 10.4 Å². The van der Waals surface area contributed by atoms with Crippen molar-refractivity contribution in [2.45, 2.75) is 33.6 Å². The Morgan fingerprint density at radius 1 is 1.29 bits per heavy atom. The molecule has 0 saturated carbocycles.